The molecule has 2 aliphatic heterocycles. The Hall–Kier alpha value is -0.770. The molecule has 2 N–H and O–H groups in total. The van der Waals surface area contributed by atoms with Gasteiger partial charge < -0.3 is 25.0 Å². The fourth-order valence-electron chi connectivity index (χ4n) is 5.67. The normalized spacial score (nSPS) is 32.4. The number of rotatable bonds is 3. The molecule has 4 rings (SSSR count). The van der Waals surface area contributed by atoms with Gasteiger partial charge >= 0.3 is 6.09 Å². The van der Waals surface area contributed by atoms with Gasteiger partial charge in [0.25, 0.3) is 0 Å². The van der Waals surface area contributed by atoms with E-state index >= 15 is 0 Å². The van der Waals surface area contributed by atoms with Gasteiger partial charge in [-0.3, -0.25) is 4.99 Å². The average Bonchev–Trinajstić information content (AvgIpc) is 3.02. The molecule has 8 heteroatoms. The summed E-state index contributed by atoms with van der Waals surface area (Å²) in [5, 5.41) is 7.39. The number of piperidine rings is 1. The first-order valence-electron chi connectivity index (χ1n) is 11.5. The number of amides is 1. The molecule has 0 aromatic carbocycles. The van der Waals surface area contributed by atoms with E-state index < -0.39 is 5.60 Å². The van der Waals surface area contributed by atoms with Gasteiger partial charge in [-0.1, -0.05) is 6.42 Å². The Morgan fingerprint density at radius 2 is 2.00 bits per heavy atom. The monoisotopic (exact) mass is 534 g/mol. The smallest absolute Gasteiger partial charge is 0.410 e. The first-order valence-corrected chi connectivity index (χ1v) is 11.5. The van der Waals surface area contributed by atoms with Gasteiger partial charge in [-0.2, -0.15) is 0 Å². The molecule has 4 atom stereocenters. The van der Waals surface area contributed by atoms with Crippen molar-refractivity contribution in [2.24, 2.45) is 16.3 Å². The molecule has 0 radical (unpaired) electrons. The van der Waals surface area contributed by atoms with Crippen molar-refractivity contribution in [3.8, 4) is 0 Å². The van der Waals surface area contributed by atoms with Gasteiger partial charge in [-0.25, -0.2) is 4.79 Å². The minimum absolute atomic E-state index is 0. The van der Waals surface area contributed by atoms with Crippen LogP contribution in [0.1, 0.15) is 66.2 Å². The molecule has 4 aliphatic rings. The number of aliphatic imine (C=N–C) groups is 1. The predicted octanol–water partition coefficient (Wildman–Crippen LogP) is 3.52. The number of likely N-dealkylation sites (tertiary alicyclic amines) is 1. The van der Waals surface area contributed by atoms with Crippen LogP contribution in [0.3, 0.4) is 0 Å². The van der Waals surface area contributed by atoms with Crippen molar-refractivity contribution in [2.45, 2.75) is 90.0 Å². The van der Waals surface area contributed by atoms with Crippen LogP contribution in [-0.4, -0.2) is 67.0 Å². The highest BCUT2D eigenvalue weighted by molar-refractivity contribution is 14.0. The summed E-state index contributed by atoms with van der Waals surface area (Å²) in [6, 6.07) is 0.661. The summed E-state index contributed by atoms with van der Waals surface area (Å²) in [7, 11) is 0. The average molecular weight is 534 g/mol. The number of halogens is 1. The molecule has 2 saturated carbocycles. The Balaban J connectivity index is 0.00000256. The van der Waals surface area contributed by atoms with Crippen LogP contribution in [0.15, 0.2) is 4.99 Å². The summed E-state index contributed by atoms with van der Waals surface area (Å²) in [6.45, 7) is 10.9. The van der Waals surface area contributed by atoms with Crippen LogP contribution in [0, 0.1) is 11.3 Å². The Bertz CT molecular complexity index is 647. The summed E-state index contributed by atoms with van der Waals surface area (Å²) >= 11 is 0. The molecule has 0 aromatic rings. The SMILES string of the molecule is CCN=C(NC1CCCN(C(=O)OC(C)(C)C)C1)NC1C2CCOC2C12CCC2.I. The van der Waals surface area contributed by atoms with Gasteiger partial charge in [0, 0.05) is 49.7 Å². The zero-order chi connectivity index (χ0) is 20.6. The van der Waals surface area contributed by atoms with Crippen LogP contribution in [-0.2, 0) is 9.47 Å². The number of hydrogen-bond donors (Lipinski definition) is 2. The second-order valence-corrected chi connectivity index (χ2v) is 10.2. The first kappa shape index (κ1) is 23.9. The first-order chi connectivity index (χ1) is 13.8. The number of fused-ring (bicyclic) bond motifs is 2. The van der Waals surface area contributed by atoms with Crippen molar-refractivity contribution < 1.29 is 14.3 Å². The molecule has 2 aliphatic carbocycles. The van der Waals surface area contributed by atoms with E-state index in [0.29, 0.717) is 30.0 Å². The lowest BCUT2D eigenvalue weighted by molar-refractivity contribution is -0.171. The van der Waals surface area contributed by atoms with Gasteiger partial charge in [-0.05, 0) is 59.8 Å². The maximum Gasteiger partial charge on any atom is 0.410 e. The van der Waals surface area contributed by atoms with E-state index in [9.17, 15) is 4.79 Å². The molecule has 4 unspecified atom stereocenters. The van der Waals surface area contributed by atoms with E-state index in [0.717, 1.165) is 44.9 Å². The van der Waals surface area contributed by atoms with Gasteiger partial charge in [-0.15, -0.1) is 24.0 Å². The number of guanidine groups is 1. The van der Waals surface area contributed by atoms with Crippen LogP contribution >= 0.6 is 24.0 Å². The fourth-order valence-corrected chi connectivity index (χ4v) is 5.67. The molecule has 172 valence electrons. The van der Waals surface area contributed by atoms with E-state index in [1.54, 1.807) is 0 Å². The lowest BCUT2D eigenvalue weighted by Crippen LogP contribution is -2.73. The van der Waals surface area contributed by atoms with Gasteiger partial charge in [0.15, 0.2) is 5.96 Å². The summed E-state index contributed by atoms with van der Waals surface area (Å²) in [5.74, 6) is 1.51. The number of nitrogens with one attached hydrogen (secondary N) is 2. The Labute approximate surface area is 198 Å². The minimum atomic E-state index is -0.463. The van der Waals surface area contributed by atoms with Gasteiger partial charge in [0.2, 0.25) is 0 Å². The number of carbonyl (C=O) groups excluding carboxylic acids is 1. The highest BCUT2D eigenvalue weighted by Gasteiger charge is 2.66. The topological polar surface area (TPSA) is 75.2 Å². The van der Waals surface area contributed by atoms with Crippen LogP contribution in [0.2, 0.25) is 0 Å². The van der Waals surface area contributed by atoms with Crippen molar-refractivity contribution in [3.05, 3.63) is 0 Å². The molecule has 4 fully saturated rings. The van der Waals surface area contributed by atoms with E-state index in [1.807, 2.05) is 25.7 Å². The van der Waals surface area contributed by atoms with Crippen LogP contribution in [0.5, 0.6) is 0 Å². The van der Waals surface area contributed by atoms with Gasteiger partial charge in [0.1, 0.15) is 5.60 Å². The molecular weight excluding hydrogens is 495 g/mol. The van der Waals surface area contributed by atoms with Crippen molar-refractivity contribution in [1.29, 1.82) is 0 Å². The Morgan fingerprint density at radius 3 is 2.63 bits per heavy atom. The van der Waals surface area contributed by atoms with E-state index in [-0.39, 0.29) is 36.1 Å². The molecule has 30 heavy (non-hydrogen) atoms. The molecule has 0 bridgehead atoms. The highest BCUT2D eigenvalue weighted by Crippen LogP contribution is 2.62. The zero-order valence-corrected chi connectivity index (χ0v) is 21.2. The summed E-state index contributed by atoms with van der Waals surface area (Å²) in [5.41, 5.74) is -0.137. The molecule has 2 saturated heterocycles. The second-order valence-electron chi connectivity index (χ2n) is 10.2. The molecule has 0 aromatic heterocycles. The molecule has 1 amide bonds. The number of carbonyl (C=O) groups is 1. The lowest BCUT2D eigenvalue weighted by atomic mass is 9.46. The molecule has 7 nitrogen and oxygen atoms in total. The largest absolute Gasteiger partial charge is 0.444 e. The Kier molecular flexibility index (Phi) is 7.47. The second kappa shape index (κ2) is 9.38. The van der Waals surface area contributed by atoms with Crippen LogP contribution in [0.4, 0.5) is 4.79 Å². The van der Waals surface area contributed by atoms with Crippen LogP contribution < -0.4 is 10.6 Å². The maximum absolute atomic E-state index is 12.5. The van der Waals surface area contributed by atoms with Gasteiger partial charge in [0.05, 0.1) is 6.10 Å². The number of hydrogen-bond acceptors (Lipinski definition) is 4. The predicted molar refractivity (Wildman–Crippen MR) is 128 cm³/mol. The third-order valence-corrected chi connectivity index (χ3v) is 7.06. The summed E-state index contributed by atoms with van der Waals surface area (Å²) in [6.07, 6.45) is 7.24. The third kappa shape index (κ3) is 4.69. The molecule has 2 heterocycles. The summed E-state index contributed by atoms with van der Waals surface area (Å²) in [4.78, 5) is 19.0. The van der Waals surface area contributed by atoms with Crippen molar-refractivity contribution in [2.75, 3.05) is 26.2 Å². The molecule has 1 spiro atoms. The Morgan fingerprint density at radius 1 is 1.23 bits per heavy atom. The van der Waals surface area contributed by atoms with Crippen molar-refractivity contribution >= 4 is 36.0 Å². The van der Waals surface area contributed by atoms with E-state index in [4.69, 9.17) is 14.5 Å². The zero-order valence-electron chi connectivity index (χ0n) is 18.9. The highest BCUT2D eigenvalue weighted by atomic mass is 127. The van der Waals surface area contributed by atoms with Crippen LogP contribution in [0.25, 0.3) is 0 Å². The summed E-state index contributed by atoms with van der Waals surface area (Å²) < 4.78 is 11.6. The van der Waals surface area contributed by atoms with E-state index in [2.05, 4.69) is 17.6 Å². The number of ether oxygens (including phenoxy) is 2. The van der Waals surface area contributed by atoms with Crippen molar-refractivity contribution in [1.82, 2.24) is 15.5 Å². The lowest BCUT2D eigenvalue weighted by Gasteiger charge is -2.63. The standard InChI is InChI=1S/C22H38N4O3.HI/c1-5-23-19(25-17-16-9-13-28-18(16)22(17)10-7-11-22)24-15-8-6-12-26(14-15)20(27)29-21(2,3)4;/h15-18H,5-14H2,1-4H3,(H2,23,24,25);1H. The quantitative estimate of drug-likeness (QED) is 0.330. The van der Waals surface area contributed by atoms with E-state index in [1.165, 1.54) is 19.3 Å². The number of nitrogens with zero attached hydrogens (tertiary/aromatic N) is 2. The fraction of sp³-hybridized carbons (Fsp3) is 0.909. The van der Waals surface area contributed by atoms with Crippen molar-refractivity contribution in [3.63, 3.8) is 0 Å². The minimum Gasteiger partial charge on any atom is -0.444 e. The third-order valence-electron chi connectivity index (χ3n) is 7.06. The molecular formula is C22H39IN4O3. The maximum atomic E-state index is 12.5.